The molecular formula is C11H22O4S. The van der Waals surface area contributed by atoms with E-state index in [1.807, 2.05) is 41.5 Å². The lowest BCUT2D eigenvalue weighted by atomic mass is 9.79. The van der Waals surface area contributed by atoms with Gasteiger partial charge in [0.25, 0.3) is 0 Å². The van der Waals surface area contributed by atoms with E-state index in [9.17, 15) is 8.42 Å². The predicted molar refractivity (Wildman–Crippen MR) is 62.2 cm³/mol. The molecule has 0 N–H and O–H groups in total. The number of hydrogen-bond acceptors (Lipinski definition) is 4. The summed E-state index contributed by atoms with van der Waals surface area (Å²) in [5, 5.41) is 0. The SMILES string of the molecule is CC(C)(C)[C@H]1C[C@H](C(C)(C)C)OS(=O)(=O)O1. The van der Waals surface area contributed by atoms with Crippen LogP contribution in [-0.4, -0.2) is 20.6 Å². The molecule has 96 valence electrons. The van der Waals surface area contributed by atoms with Gasteiger partial charge in [0.15, 0.2) is 0 Å². The van der Waals surface area contributed by atoms with Crippen LogP contribution in [0.15, 0.2) is 0 Å². The van der Waals surface area contributed by atoms with Gasteiger partial charge in [-0.25, -0.2) is 8.37 Å². The molecule has 0 aromatic heterocycles. The van der Waals surface area contributed by atoms with Crippen molar-refractivity contribution >= 4 is 10.4 Å². The fraction of sp³-hybridized carbons (Fsp3) is 1.00. The molecule has 1 fully saturated rings. The molecule has 0 saturated carbocycles. The van der Waals surface area contributed by atoms with Gasteiger partial charge in [0, 0.05) is 6.42 Å². The van der Waals surface area contributed by atoms with Gasteiger partial charge >= 0.3 is 10.4 Å². The Bertz CT molecular complexity index is 317. The molecule has 0 radical (unpaired) electrons. The van der Waals surface area contributed by atoms with Gasteiger partial charge in [-0.15, -0.1) is 0 Å². The molecule has 0 unspecified atom stereocenters. The fourth-order valence-corrected chi connectivity index (χ4v) is 2.92. The molecule has 1 saturated heterocycles. The van der Waals surface area contributed by atoms with Crippen molar-refractivity contribution in [1.29, 1.82) is 0 Å². The standard InChI is InChI=1S/C11H22O4S/c1-10(2,3)8-7-9(11(4,5)6)15-16(12,13)14-8/h8-9H,7H2,1-6H3/t8-,9-/m1/s1. The van der Waals surface area contributed by atoms with E-state index in [0.717, 1.165) is 0 Å². The fourth-order valence-electron chi connectivity index (χ4n) is 1.58. The summed E-state index contributed by atoms with van der Waals surface area (Å²) in [6.45, 7) is 11.8. The zero-order valence-corrected chi connectivity index (χ0v) is 11.7. The Morgan fingerprint density at radius 2 is 1.19 bits per heavy atom. The molecule has 0 aliphatic carbocycles. The molecule has 1 rings (SSSR count). The van der Waals surface area contributed by atoms with Crippen molar-refractivity contribution in [2.24, 2.45) is 10.8 Å². The number of hydrogen-bond donors (Lipinski definition) is 0. The van der Waals surface area contributed by atoms with Crippen molar-refractivity contribution in [3.63, 3.8) is 0 Å². The van der Waals surface area contributed by atoms with Crippen molar-refractivity contribution in [1.82, 2.24) is 0 Å². The van der Waals surface area contributed by atoms with E-state index in [2.05, 4.69) is 0 Å². The Kier molecular flexibility index (Phi) is 3.45. The van der Waals surface area contributed by atoms with Crippen molar-refractivity contribution in [2.75, 3.05) is 0 Å². The topological polar surface area (TPSA) is 52.6 Å². The molecule has 4 nitrogen and oxygen atoms in total. The molecule has 1 aliphatic heterocycles. The van der Waals surface area contributed by atoms with E-state index in [1.54, 1.807) is 0 Å². The highest BCUT2D eigenvalue weighted by Gasteiger charge is 2.43. The van der Waals surface area contributed by atoms with Crippen LogP contribution in [0.2, 0.25) is 0 Å². The van der Waals surface area contributed by atoms with Crippen molar-refractivity contribution in [2.45, 2.75) is 60.2 Å². The minimum atomic E-state index is -3.85. The first kappa shape index (κ1) is 13.9. The molecule has 0 amide bonds. The largest absolute Gasteiger partial charge is 0.400 e. The molecule has 2 atom stereocenters. The molecule has 1 heterocycles. The zero-order valence-electron chi connectivity index (χ0n) is 10.9. The predicted octanol–water partition coefficient (Wildman–Crippen LogP) is 2.50. The van der Waals surface area contributed by atoms with E-state index in [4.69, 9.17) is 8.37 Å². The van der Waals surface area contributed by atoms with Crippen LogP contribution in [0.4, 0.5) is 0 Å². The van der Waals surface area contributed by atoms with Crippen LogP contribution in [0.25, 0.3) is 0 Å². The van der Waals surface area contributed by atoms with Crippen LogP contribution in [0.1, 0.15) is 48.0 Å². The molecule has 5 heteroatoms. The molecule has 0 aromatic rings. The van der Waals surface area contributed by atoms with E-state index < -0.39 is 10.4 Å². The van der Waals surface area contributed by atoms with Crippen molar-refractivity contribution in [3.8, 4) is 0 Å². The summed E-state index contributed by atoms with van der Waals surface area (Å²) in [5.41, 5.74) is -0.416. The van der Waals surface area contributed by atoms with Crippen molar-refractivity contribution in [3.05, 3.63) is 0 Å². The van der Waals surface area contributed by atoms with Gasteiger partial charge < -0.3 is 0 Å². The van der Waals surface area contributed by atoms with Crippen LogP contribution in [0.3, 0.4) is 0 Å². The average molecular weight is 250 g/mol. The summed E-state index contributed by atoms with van der Waals surface area (Å²) in [5.74, 6) is 0. The second kappa shape index (κ2) is 3.96. The van der Waals surface area contributed by atoms with Gasteiger partial charge in [-0.1, -0.05) is 41.5 Å². The quantitative estimate of drug-likeness (QED) is 0.663. The highest BCUT2D eigenvalue weighted by atomic mass is 32.3. The summed E-state index contributed by atoms with van der Waals surface area (Å²) >= 11 is 0. The summed E-state index contributed by atoms with van der Waals surface area (Å²) in [7, 11) is -3.85. The zero-order chi connectivity index (χ0) is 12.8. The third kappa shape index (κ3) is 3.43. The summed E-state index contributed by atoms with van der Waals surface area (Å²) in [6, 6.07) is 0. The van der Waals surface area contributed by atoms with Crippen LogP contribution in [0.5, 0.6) is 0 Å². The van der Waals surface area contributed by atoms with Gasteiger partial charge in [0.05, 0.1) is 12.2 Å². The van der Waals surface area contributed by atoms with E-state index in [-0.39, 0.29) is 23.0 Å². The third-order valence-electron chi connectivity index (χ3n) is 2.83. The monoisotopic (exact) mass is 250 g/mol. The van der Waals surface area contributed by atoms with E-state index >= 15 is 0 Å². The smallest absolute Gasteiger partial charge is 0.244 e. The van der Waals surface area contributed by atoms with E-state index in [1.165, 1.54) is 0 Å². The maximum atomic E-state index is 11.5. The highest BCUT2D eigenvalue weighted by molar-refractivity contribution is 7.81. The molecule has 0 aromatic carbocycles. The lowest BCUT2D eigenvalue weighted by molar-refractivity contribution is -0.0480. The van der Waals surface area contributed by atoms with Gasteiger partial charge in [0.2, 0.25) is 0 Å². The molecular weight excluding hydrogens is 228 g/mol. The maximum absolute atomic E-state index is 11.5. The molecule has 0 spiro atoms. The summed E-state index contributed by atoms with van der Waals surface area (Å²) < 4.78 is 33.1. The first-order valence-corrected chi connectivity index (χ1v) is 6.87. The van der Waals surface area contributed by atoms with Crippen LogP contribution >= 0.6 is 0 Å². The second-order valence-electron chi connectivity index (χ2n) is 6.55. The maximum Gasteiger partial charge on any atom is 0.400 e. The van der Waals surface area contributed by atoms with Gasteiger partial charge in [-0.2, -0.15) is 8.42 Å². The van der Waals surface area contributed by atoms with Gasteiger partial charge in [0.1, 0.15) is 0 Å². The first-order valence-electron chi connectivity index (χ1n) is 5.53. The van der Waals surface area contributed by atoms with Crippen LogP contribution in [-0.2, 0) is 18.8 Å². The van der Waals surface area contributed by atoms with Crippen LogP contribution in [0, 0.1) is 10.8 Å². The first-order chi connectivity index (χ1) is 6.92. The van der Waals surface area contributed by atoms with Gasteiger partial charge in [-0.05, 0) is 10.8 Å². The normalized spacial score (nSPS) is 31.4. The Morgan fingerprint density at radius 1 is 0.875 bits per heavy atom. The Hall–Kier alpha value is -0.130. The Labute approximate surface area is 98.7 Å². The summed E-state index contributed by atoms with van der Waals surface area (Å²) in [4.78, 5) is 0. The number of rotatable bonds is 0. The van der Waals surface area contributed by atoms with Crippen LogP contribution < -0.4 is 0 Å². The minimum Gasteiger partial charge on any atom is -0.244 e. The second-order valence-corrected chi connectivity index (χ2v) is 7.75. The summed E-state index contributed by atoms with van der Waals surface area (Å²) in [6.07, 6.45) is -0.0439. The van der Waals surface area contributed by atoms with Crippen molar-refractivity contribution < 1.29 is 16.8 Å². The van der Waals surface area contributed by atoms with Gasteiger partial charge in [-0.3, -0.25) is 0 Å². The Balaban J connectivity index is 2.96. The Morgan fingerprint density at radius 3 is 1.44 bits per heavy atom. The minimum absolute atomic E-state index is 0.208. The lowest BCUT2D eigenvalue weighted by Crippen LogP contribution is -2.46. The lowest BCUT2D eigenvalue weighted by Gasteiger charge is -2.40. The molecule has 16 heavy (non-hydrogen) atoms. The molecule has 0 bridgehead atoms. The third-order valence-corrected chi connectivity index (χ3v) is 3.76. The average Bonchev–Trinajstić information content (AvgIpc) is 1.97. The van der Waals surface area contributed by atoms with E-state index in [0.29, 0.717) is 6.42 Å². The molecule has 1 aliphatic rings. The highest BCUT2D eigenvalue weighted by Crippen LogP contribution is 2.38.